The zero-order valence-corrected chi connectivity index (χ0v) is 8.74. The topological polar surface area (TPSA) is 44.1 Å². The lowest BCUT2D eigenvalue weighted by molar-refractivity contribution is -0.118. The van der Waals surface area contributed by atoms with Crippen LogP contribution in [0, 0.1) is 17.2 Å². The molecule has 0 aromatic heterocycles. The van der Waals surface area contributed by atoms with E-state index in [4.69, 9.17) is 16.9 Å². The van der Waals surface area contributed by atoms with Gasteiger partial charge in [-0.2, -0.15) is 5.26 Å². The van der Waals surface area contributed by atoms with Crippen LogP contribution >= 0.6 is 11.6 Å². The minimum Gasteiger partial charge on any atom is -0.311 e. The molecule has 2 rings (SSSR count). The molecule has 1 saturated heterocycles. The number of anilines is 1. The fourth-order valence-corrected chi connectivity index (χ4v) is 1.80. The average Bonchev–Trinajstić information content (AvgIpc) is 2.61. The lowest BCUT2D eigenvalue weighted by Crippen LogP contribution is -2.26. The van der Waals surface area contributed by atoms with Crippen LogP contribution in [-0.2, 0) is 4.79 Å². The number of benzene rings is 1. The van der Waals surface area contributed by atoms with E-state index in [2.05, 4.69) is 0 Å². The number of nitriles is 1. The van der Waals surface area contributed by atoms with Crippen LogP contribution in [0.5, 0.6) is 0 Å². The molecule has 0 radical (unpaired) electrons. The number of hydrogen-bond donors (Lipinski definition) is 0. The summed E-state index contributed by atoms with van der Waals surface area (Å²) in [6, 6.07) is 9.07. The number of carbonyl (C=O) groups excluding carboxylic acids is 1. The Kier molecular flexibility index (Phi) is 2.61. The highest BCUT2D eigenvalue weighted by Gasteiger charge is 2.32. The van der Waals surface area contributed by atoms with Crippen molar-refractivity contribution in [2.45, 2.75) is 6.42 Å². The highest BCUT2D eigenvalue weighted by molar-refractivity contribution is 6.30. The van der Waals surface area contributed by atoms with Gasteiger partial charge < -0.3 is 4.90 Å². The third kappa shape index (κ3) is 1.81. The van der Waals surface area contributed by atoms with Gasteiger partial charge in [0.05, 0.1) is 6.07 Å². The number of carbonyl (C=O) groups is 1. The van der Waals surface area contributed by atoms with E-state index in [9.17, 15) is 4.79 Å². The second kappa shape index (κ2) is 3.92. The largest absolute Gasteiger partial charge is 0.311 e. The Morgan fingerprint density at radius 3 is 2.60 bits per heavy atom. The van der Waals surface area contributed by atoms with Crippen LogP contribution in [0.15, 0.2) is 24.3 Å². The van der Waals surface area contributed by atoms with Crippen LogP contribution in [0.2, 0.25) is 5.02 Å². The molecule has 15 heavy (non-hydrogen) atoms. The van der Waals surface area contributed by atoms with Gasteiger partial charge in [-0.1, -0.05) is 11.6 Å². The van der Waals surface area contributed by atoms with Crippen LogP contribution in [-0.4, -0.2) is 12.5 Å². The van der Waals surface area contributed by atoms with Gasteiger partial charge in [0.2, 0.25) is 5.91 Å². The van der Waals surface area contributed by atoms with Crippen molar-refractivity contribution in [1.82, 2.24) is 0 Å². The normalized spacial score (nSPS) is 20.4. The third-order valence-corrected chi connectivity index (χ3v) is 2.75. The molecular formula is C11H9ClN2O. The summed E-state index contributed by atoms with van der Waals surface area (Å²) < 4.78 is 0. The lowest BCUT2D eigenvalue weighted by atomic mass is 10.1. The zero-order chi connectivity index (χ0) is 10.8. The van der Waals surface area contributed by atoms with Crippen LogP contribution in [0.25, 0.3) is 0 Å². The molecule has 1 fully saturated rings. The minimum absolute atomic E-state index is 0.111. The van der Waals surface area contributed by atoms with E-state index in [1.54, 1.807) is 29.2 Å². The second-order valence-electron chi connectivity index (χ2n) is 3.44. The highest BCUT2D eigenvalue weighted by Crippen LogP contribution is 2.25. The predicted molar refractivity (Wildman–Crippen MR) is 57.5 cm³/mol. The molecule has 0 aliphatic carbocycles. The average molecular weight is 221 g/mol. The molecule has 1 amide bonds. The highest BCUT2D eigenvalue weighted by atomic mass is 35.5. The van der Waals surface area contributed by atoms with Crippen LogP contribution < -0.4 is 4.90 Å². The molecule has 4 heteroatoms. The molecule has 0 N–H and O–H groups in total. The Hall–Kier alpha value is -1.53. The van der Waals surface area contributed by atoms with E-state index in [0.717, 1.165) is 5.69 Å². The number of rotatable bonds is 1. The zero-order valence-electron chi connectivity index (χ0n) is 7.98. The molecule has 1 aliphatic rings. The molecule has 1 heterocycles. The van der Waals surface area contributed by atoms with E-state index in [1.165, 1.54) is 0 Å². The summed E-state index contributed by atoms with van der Waals surface area (Å²) in [6.07, 6.45) is 0.609. The summed E-state index contributed by atoms with van der Waals surface area (Å²) in [5.74, 6) is -0.597. The van der Waals surface area contributed by atoms with Crippen molar-refractivity contribution in [3.63, 3.8) is 0 Å². The SMILES string of the molecule is N#CC1CCN(c2ccc(Cl)cc2)C1=O. The molecule has 3 nitrogen and oxygen atoms in total. The molecule has 1 aromatic rings. The number of amides is 1. The molecular weight excluding hydrogens is 212 g/mol. The van der Waals surface area contributed by atoms with Crippen molar-refractivity contribution in [1.29, 1.82) is 5.26 Å². The fourth-order valence-electron chi connectivity index (χ4n) is 1.68. The standard InChI is InChI=1S/C11H9ClN2O/c12-9-1-3-10(4-2-9)14-6-5-8(7-13)11(14)15/h1-4,8H,5-6H2. The molecule has 0 bridgehead atoms. The predicted octanol–water partition coefficient (Wildman–Crippen LogP) is 2.22. The summed E-state index contributed by atoms with van der Waals surface area (Å²) in [5.41, 5.74) is 0.808. The van der Waals surface area contributed by atoms with E-state index >= 15 is 0 Å². The summed E-state index contributed by atoms with van der Waals surface area (Å²) in [6.45, 7) is 0.610. The van der Waals surface area contributed by atoms with Crippen molar-refractivity contribution >= 4 is 23.2 Å². The Labute approximate surface area is 92.9 Å². The first-order valence-electron chi connectivity index (χ1n) is 4.69. The number of halogens is 1. The van der Waals surface area contributed by atoms with Crippen LogP contribution in [0.1, 0.15) is 6.42 Å². The Bertz CT molecular complexity index is 421. The maximum Gasteiger partial charge on any atom is 0.244 e. The third-order valence-electron chi connectivity index (χ3n) is 2.50. The van der Waals surface area contributed by atoms with E-state index in [-0.39, 0.29) is 5.91 Å². The molecule has 0 saturated carbocycles. The minimum atomic E-state index is -0.485. The summed E-state index contributed by atoms with van der Waals surface area (Å²) in [4.78, 5) is 13.3. The van der Waals surface area contributed by atoms with Gasteiger partial charge in [-0.3, -0.25) is 4.79 Å². The first-order chi connectivity index (χ1) is 7.22. The summed E-state index contributed by atoms with van der Waals surface area (Å²) in [7, 11) is 0. The van der Waals surface area contributed by atoms with Gasteiger partial charge in [-0.05, 0) is 30.7 Å². The molecule has 1 aliphatic heterocycles. The molecule has 1 aromatic carbocycles. The van der Waals surface area contributed by atoms with Gasteiger partial charge in [0.1, 0.15) is 5.92 Å². The van der Waals surface area contributed by atoms with Gasteiger partial charge >= 0.3 is 0 Å². The molecule has 1 unspecified atom stereocenters. The maximum atomic E-state index is 11.7. The lowest BCUT2D eigenvalue weighted by Gasteiger charge is -2.15. The van der Waals surface area contributed by atoms with Gasteiger partial charge in [0.25, 0.3) is 0 Å². The quantitative estimate of drug-likeness (QED) is 0.729. The Morgan fingerprint density at radius 1 is 1.40 bits per heavy atom. The molecule has 1 atom stereocenters. The summed E-state index contributed by atoms with van der Waals surface area (Å²) in [5, 5.41) is 9.37. The van der Waals surface area contributed by atoms with Crippen molar-refractivity contribution in [2.75, 3.05) is 11.4 Å². The van der Waals surface area contributed by atoms with Crippen molar-refractivity contribution in [3.05, 3.63) is 29.3 Å². The van der Waals surface area contributed by atoms with Gasteiger partial charge in [-0.25, -0.2) is 0 Å². The van der Waals surface area contributed by atoms with Crippen molar-refractivity contribution in [3.8, 4) is 6.07 Å². The molecule has 76 valence electrons. The van der Waals surface area contributed by atoms with Gasteiger partial charge in [0, 0.05) is 17.3 Å². The monoisotopic (exact) mass is 220 g/mol. The van der Waals surface area contributed by atoms with E-state index in [0.29, 0.717) is 18.0 Å². The van der Waals surface area contributed by atoms with Crippen LogP contribution in [0.4, 0.5) is 5.69 Å². The smallest absolute Gasteiger partial charge is 0.244 e. The number of hydrogen-bond acceptors (Lipinski definition) is 2. The van der Waals surface area contributed by atoms with Gasteiger partial charge in [0.15, 0.2) is 0 Å². The Balaban J connectivity index is 2.23. The first kappa shape index (κ1) is 10.0. The van der Waals surface area contributed by atoms with Crippen molar-refractivity contribution < 1.29 is 4.79 Å². The first-order valence-corrected chi connectivity index (χ1v) is 5.07. The van der Waals surface area contributed by atoms with E-state index in [1.807, 2.05) is 6.07 Å². The van der Waals surface area contributed by atoms with Gasteiger partial charge in [-0.15, -0.1) is 0 Å². The fraction of sp³-hybridized carbons (Fsp3) is 0.273. The molecule has 0 spiro atoms. The summed E-state index contributed by atoms with van der Waals surface area (Å²) >= 11 is 5.75. The second-order valence-corrected chi connectivity index (χ2v) is 3.87. The van der Waals surface area contributed by atoms with E-state index < -0.39 is 5.92 Å². The Morgan fingerprint density at radius 2 is 2.07 bits per heavy atom. The number of nitrogens with zero attached hydrogens (tertiary/aromatic N) is 2. The maximum absolute atomic E-state index is 11.7. The van der Waals surface area contributed by atoms with Crippen molar-refractivity contribution in [2.24, 2.45) is 5.92 Å². The van der Waals surface area contributed by atoms with Crippen LogP contribution in [0.3, 0.4) is 0 Å².